The molecule has 3 aromatic rings. The molecule has 3 rings (SSSR count). The Balaban J connectivity index is 1.86. The molecule has 25 heavy (non-hydrogen) atoms. The Morgan fingerprint density at radius 2 is 1.76 bits per heavy atom. The molecule has 1 aromatic heterocycles. The van der Waals surface area contributed by atoms with Crippen molar-refractivity contribution in [2.45, 2.75) is 20.3 Å². The summed E-state index contributed by atoms with van der Waals surface area (Å²) in [7, 11) is 0. The molecule has 0 atom stereocenters. The first-order chi connectivity index (χ1) is 11.9. The van der Waals surface area contributed by atoms with Crippen molar-refractivity contribution >= 4 is 5.91 Å². The van der Waals surface area contributed by atoms with Crippen LogP contribution in [0, 0.1) is 13.8 Å². The van der Waals surface area contributed by atoms with Gasteiger partial charge in [-0.2, -0.15) is 0 Å². The van der Waals surface area contributed by atoms with Gasteiger partial charge in [0.15, 0.2) is 11.4 Å². The SMILES string of the molecule is Cc1cccc(-c2ccc(Cc3nc(C)c(O)c(C(N)=O)n3)cc2)c1. The van der Waals surface area contributed by atoms with Crippen molar-refractivity contribution in [2.75, 3.05) is 0 Å². The number of carbonyl (C=O) groups is 1. The Hall–Kier alpha value is -3.21. The van der Waals surface area contributed by atoms with Crippen LogP contribution in [0.5, 0.6) is 5.75 Å². The van der Waals surface area contributed by atoms with Crippen LogP contribution in [0.1, 0.15) is 33.1 Å². The van der Waals surface area contributed by atoms with E-state index < -0.39 is 5.91 Å². The van der Waals surface area contributed by atoms with Crippen LogP contribution in [0.2, 0.25) is 0 Å². The zero-order valence-corrected chi connectivity index (χ0v) is 14.2. The lowest BCUT2D eigenvalue weighted by molar-refractivity contribution is 0.0992. The van der Waals surface area contributed by atoms with E-state index in [9.17, 15) is 9.90 Å². The van der Waals surface area contributed by atoms with E-state index in [1.165, 1.54) is 11.1 Å². The van der Waals surface area contributed by atoms with Gasteiger partial charge in [0, 0.05) is 6.42 Å². The first kappa shape index (κ1) is 16.6. The minimum atomic E-state index is -0.765. The number of rotatable bonds is 4. The molecule has 0 aliphatic carbocycles. The van der Waals surface area contributed by atoms with Crippen molar-refractivity contribution in [1.82, 2.24) is 9.97 Å². The van der Waals surface area contributed by atoms with Gasteiger partial charge >= 0.3 is 0 Å². The molecular weight excluding hydrogens is 314 g/mol. The van der Waals surface area contributed by atoms with Crippen molar-refractivity contribution in [3.05, 3.63) is 76.9 Å². The Labute approximate surface area is 146 Å². The highest BCUT2D eigenvalue weighted by Crippen LogP contribution is 2.22. The smallest absolute Gasteiger partial charge is 0.271 e. The third-order valence-corrected chi connectivity index (χ3v) is 4.01. The predicted octanol–water partition coefficient (Wildman–Crippen LogP) is 3.16. The Bertz CT molecular complexity index is 934. The van der Waals surface area contributed by atoms with Crippen molar-refractivity contribution in [3.8, 4) is 16.9 Å². The molecule has 126 valence electrons. The fourth-order valence-electron chi connectivity index (χ4n) is 2.70. The summed E-state index contributed by atoms with van der Waals surface area (Å²) in [6.45, 7) is 3.69. The van der Waals surface area contributed by atoms with Crippen LogP contribution in [0.3, 0.4) is 0 Å². The lowest BCUT2D eigenvalue weighted by atomic mass is 10.0. The molecular formula is C20H19N3O2. The highest BCUT2D eigenvalue weighted by atomic mass is 16.3. The average Bonchev–Trinajstić information content (AvgIpc) is 2.58. The summed E-state index contributed by atoms with van der Waals surface area (Å²) in [6.07, 6.45) is 0.454. The number of amides is 1. The first-order valence-corrected chi connectivity index (χ1v) is 7.96. The van der Waals surface area contributed by atoms with E-state index in [0.29, 0.717) is 17.9 Å². The molecule has 0 unspecified atom stereocenters. The number of aryl methyl sites for hydroxylation is 2. The minimum Gasteiger partial charge on any atom is -0.504 e. The summed E-state index contributed by atoms with van der Waals surface area (Å²) in [6, 6.07) is 16.4. The van der Waals surface area contributed by atoms with Gasteiger partial charge in [-0.25, -0.2) is 9.97 Å². The van der Waals surface area contributed by atoms with Gasteiger partial charge in [0.25, 0.3) is 5.91 Å². The number of nitrogens with two attached hydrogens (primary N) is 1. The van der Waals surface area contributed by atoms with E-state index in [1.807, 2.05) is 30.3 Å². The summed E-state index contributed by atoms with van der Waals surface area (Å²) in [5, 5.41) is 9.82. The maximum absolute atomic E-state index is 11.4. The quantitative estimate of drug-likeness (QED) is 0.767. The topological polar surface area (TPSA) is 89.1 Å². The van der Waals surface area contributed by atoms with Crippen molar-refractivity contribution in [1.29, 1.82) is 0 Å². The molecule has 0 spiro atoms. The Morgan fingerprint density at radius 3 is 2.40 bits per heavy atom. The van der Waals surface area contributed by atoms with Gasteiger partial charge in [0.1, 0.15) is 5.82 Å². The second-order valence-electron chi connectivity index (χ2n) is 6.03. The molecule has 5 heteroatoms. The fourth-order valence-corrected chi connectivity index (χ4v) is 2.70. The van der Waals surface area contributed by atoms with E-state index in [1.54, 1.807) is 6.92 Å². The highest BCUT2D eigenvalue weighted by Gasteiger charge is 2.15. The maximum atomic E-state index is 11.4. The normalized spacial score (nSPS) is 10.6. The largest absolute Gasteiger partial charge is 0.504 e. The van der Waals surface area contributed by atoms with Crippen LogP contribution in [0.15, 0.2) is 48.5 Å². The summed E-state index contributed by atoms with van der Waals surface area (Å²) in [4.78, 5) is 19.7. The fraction of sp³-hybridized carbons (Fsp3) is 0.150. The van der Waals surface area contributed by atoms with Gasteiger partial charge in [0.05, 0.1) is 5.69 Å². The monoisotopic (exact) mass is 333 g/mol. The third kappa shape index (κ3) is 3.66. The molecule has 3 N–H and O–H groups in total. The molecule has 0 saturated heterocycles. The molecule has 5 nitrogen and oxygen atoms in total. The van der Waals surface area contributed by atoms with Crippen LogP contribution in [0.25, 0.3) is 11.1 Å². The molecule has 0 radical (unpaired) electrons. The number of carbonyl (C=O) groups excluding carboxylic acids is 1. The molecule has 0 bridgehead atoms. The van der Waals surface area contributed by atoms with Crippen LogP contribution < -0.4 is 5.73 Å². The van der Waals surface area contributed by atoms with E-state index in [0.717, 1.165) is 11.1 Å². The molecule has 0 saturated carbocycles. The van der Waals surface area contributed by atoms with Gasteiger partial charge in [-0.3, -0.25) is 4.79 Å². The van der Waals surface area contributed by atoms with Crippen molar-refractivity contribution in [2.24, 2.45) is 5.73 Å². The highest BCUT2D eigenvalue weighted by molar-refractivity contribution is 5.93. The number of hydrogen-bond acceptors (Lipinski definition) is 4. The maximum Gasteiger partial charge on any atom is 0.271 e. The lowest BCUT2D eigenvalue weighted by Crippen LogP contribution is -2.16. The van der Waals surface area contributed by atoms with Crippen LogP contribution in [-0.2, 0) is 6.42 Å². The van der Waals surface area contributed by atoms with E-state index in [2.05, 4.69) is 35.1 Å². The second-order valence-corrected chi connectivity index (χ2v) is 6.03. The van der Waals surface area contributed by atoms with Gasteiger partial charge in [-0.1, -0.05) is 54.1 Å². The molecule has 2 aromatic carbocycles. The zero-order chi connectivity index (χ0) is 18.0. The van der Waals surface area contributed by atoms with Crippen LogP contribution in [0.4, 0.5) is 0 Å². The summed E-state index contributed by atoms with van der Waals surface area (Å²) < 4.78 is 0. The van der Waals surface area contributed by atoms with Crippen LogP contribution >= 0.6 is 0 Å². The average molecular weight is 333 g/mol. The van der Waals surface area contributed by atoms with Crippen LogP contribution in [-0.4, -0.2) is 21.0 Å². The number of hydrogen-bond donors (Lipinski definition) is 2. The Morgan fingerprint density at radius 1 is 1.04 bits per heavy atom. The number of primary amides is 1. The van der Waals surface area contributed by atoms with E-state index >= 15 is 0 Å². The molecule has 1 heterocycles. The summed E-state index contributed by atoms with van der Waals surface area (Å²) in [5.74, 6) is -0.572. The van der Waals surface area contributed by atoms with Gasteiger partial charge in [-0.15, -0.1) is 0 Å². The standard InChI is InChI=1S/C20H19N3O2/c1-12-4-3-5-16(10-12)15-8-6-14(7-9-15)11-17-22-13(2)19(24)18(23-17)20(21)25/h3-10,24H,11H2,1-2H3,(H2,21,25). The number of benzene rings is 2. The van der Waals surface area contributed by atoms with Gasteiger partial charge < -0.3 is 10.8 Å². The summed E-state index contributed by atoms with van der Waals surface area (Å²) in [5.41, 5.74) is 9.98. The number of nitrogens with zero attached hydrogens (tertiary/aromatic N) is 2. The lowest BCUT2D eigenvalue weighted by Gasteiger charge is -2.08. The number of aromatic nitrogens is 2. The molecule has 0 fully saturated rings. The predicted molar refractivity (Wildman–Crippen MR) is 96.4 cm³/mol. The van der Waals surface area contributed by atoms with E-state index in [4.69, 9.17) is 5.73 Å². The number of aromatic hydroxyl groups is 1. The van der Waals surface area contributed by atoms with Gasteiger partial charge in [0.2, 0.25) is 0 Å². The van der Waals surface area contributed by atoms with Gasteiger partial charge in [-0.05, 0) is 30.5 Å². The summed E-state index contributed by atoms with van der Waals surface area (Å²) >= 11 is 0. The van der Waals surface area contributed by atoms with Crippen molar-refractivity contribution < 1.29 is 9.90 Å². The first-order valence-electron chi connectivity index (χ1n) is 7.96. The zero-order valence-electron chi connectivity index (χ0n) is 14.2. The van der Waals surface area contributed by atoms with Crippen molar-refractivity contribution in [3.63, 3.8) is 0 Å². The molecule has 0 aliphatic rings. The Kier molecular flexibility index (Phi) is 4.48. The van der Waals surface area contributed by atoms with E-state index in [-0.39, 0.29) is 11.4 Å². The molecule has 0 aliphatic heterocycles. The second kappa shape index (κ2) is 6.73. The molecule has 1 amide bonds. The minimum absolute atomic E-state index is 0.140. The third-order valence-electron chi connectivity index (χ3n) is 4.01.